The van der Waals surface area contributed by atoms with Crippen molar-refractivity contribution in [3.8, 4) is 11.3 Å². The lowest BCUT2D eigenvalue weighted by molar-refractivity contribution is -0.0185. The lowest BCUT2D eigenvalue weighted by atomic mass is 10.1. The normalized spacial score (nSPS) is 21.2. The number of hydrogen-bond acceptors (Lipinski definition) is 6. The zero-order valence-electron chi connectivity index (χ0n) is 12.8. The molecule has 1 fully saturated rings. The summed E-state index contributed by atoms with van der Waals surface area (Å²) in [4.78, 5) is 8.90. The fraction of sp³-hybridized carbons (Fsp3) is 0.294. The van der Waals surface area contributed by atoms with Crippen LogP contribution in [0.1, 0.15) is 19.1 Å². The molecule has 7 heteroatoms. The molecule has 0 spiro atoms. The van der Waals surface area contributed by atoms with Crippen LogP contribution in [0.25, 0.3) is 33.4 Å². The van der Waals surface area contributed by atoms with Gasteiger partial charge < -0.3 is 18.7 Å². The van der Waals surface area contributed by atoms with Crippen molar-refractivity contribution in [2.75, 3.05) is 6.61 Å². The van der Waals surface area contributed by atoms with E-state index in [1.807, 2.05) is 16.7 Å². The minimum absolute atomic E-state index is 0.0273. The fourth-order valence-corrected chi connectivity index (χ4v) is 3.48. The van der Waals surface area contributed by atoms with E-state index in [1.54, 1.807) is 25.1 Å². The Hall–Kier alpha value is -2.64. The van der Waals surface area contributed by atoms with Gasteiger partial charge in [-0.1, -0.05) is 0 Å². The van der Waals surface area contributed by atoms with Crippen LogP contribution in [0.5, 0.6) is 0 Å². The Morgan fingerprint density at radius 2 is 2.17 bits per heavy atom. The average Bonchev–Trinajstić information content (AvgIpc) is 3.37. The fourth-order valence-electron chi connectivity index (χ4n) is 3.48. The Bertz CT molecular complexity index is 1000. The summed E-state index contributed by atoms with van der Waals surface area (Å²) in [5.74, 6) is 0. The molecule has 0 aliphatic carbocycles. The first-order chi connectivity index (χ1) is 11.9. The van der Waals surface area contributed by atoms with Gasteiger partial charge in [0.2, 0.25) is 0 Å². The predicted molar refractivity (Wildman–Crippen MR) is 85.2 cm³/mol. The Morgan fingerprint density at radius 1 is 1.21 bits per heavy atom. The summed E-state index contributed by atoms with van der Waals surface area (Å²) in [6, 6.07) is 3.77. The first-order valence-electron chi connectivity index (χ1n) is 7.88. The summed E-state index contributed by atoms with van der Waals surface area (Å²) in [6.45, 7) is 0.0273. The molecule has 0 bridgehead atoms. The topological polar surface area (TPSA) is 86.5 Å². The first kappa shape index (κ1) is 13.8. The molecule has 0 aromatic carbocycles. The van der Waals surface area contributed by atoms with Gasteiger partial charge in [-0.3, -0.25) is 4.57 Å². The lowest BCUT2D eigenvalue weighted by Crippen LogP contribution is -2.14. The Balaban J connectivity index is 1.78. The first-order valence-corrected chi connectivity index (χ1v) is 7.88. The second-order valence-corrected chi connectivity index (χ2v) is 5.91. The van der Waals surface area contributed by atoms with Crippen LogP contribution < -0.4 is 0 Å². The lowest BCUT2D eigenvalue weighted by Gasteiger charge is -2.15. The summed E-state index contributed by atoms with van der Waals surface area (Å²) < 4.78 is 18.9. The molecule has 1 saturated heterocycles. The van der Waals surface area contributed by atoms with E-state index in [2.05, 4.69) is 9.97 Å². The summed E-state index contributed by atoms with van der Waals surface area (Å²) in [5.41, 5.74) is 4.05. The smallest absolute Gasteiger partial charge is 0.163 e. The largest absolute Gasteiger partial charge is 0.472 e. The van der Waals surface area contributed by atoms with Crippen molar-refractivity contribution in [3.63, 3.8) is 0 Å². The van der Waals surface area contributed by atoms with Crippen molar-refractivity contribution < 1.29 is 18.7 Å². The minimum atomic E-state index is -0.174. The third-order valence-corrected chi connectivity index (χ3v) is 4.56. The van der Waals surface area contributed by atoms with Gasteiger partial charge in [0.1, 0.15) is 18.2 Å². The van der Waals surface area contributed by atoms with Crippen LogP contribution >= 0.6 is 0 Å². The highest BCUT2D eigenvalue weighted by Crippen LogP contribution is 2.40. The van der Waals surface area contributed by atoms with E-state index in [9.17, 15) is 5.11 Å². The highest BCUT2D eigenvalue weighted by atomic mass is 16.5. The Kier molecular flexibility index (Phi) is 2.97. The van der Waals surface area contributed by atoms with Crippen molar-refractivity contribution in [2.24, 2.45) is 0 Å². The number of rotatable bonds is 3. The van der Waals surface area contributed by atoms with Gasteiger partial charge in [0.15, 0.2) is 5.58 Å². The van der Waals surface area contributed by atoms with E-state index in [4.69, 9.17) is 13.6 Å². The molecule has 5 rings (SSSR count). The third kappa shape index (κ3) is 1.85. The van der Waals surface area contributed by atoms with Gasteiger partial charge in [0, 0.05) is 11.6 Å². The predicted octanol–water partition coefficient (Wildman–Crippen LogP) is 3.11. The molecule has 4 aromatic rings. The molecule has 1 N–H and O–H groups in total. The van der Waals surface area contributed by atoms with E-state index in [0.29, 0.717) is 0 Å². The van der Waals surface area contributed by atoms with Crippen LogP contribution in [-0.2, 0) is 4.74 Å². The van der Waals surface area contributed by atoms with Crippen molar-refractivity contribution in [2.45, 2.75) is 25.2 Å². The number of ether oxygens (including phenoxy) is 1. The summed E-state index contributed by atoms with van der Waals surface area (Å²) in [7, 11) is 0. The Morgan fingerprint density at radius 3 is 2.96 bits per heavy atom. The van der Waals surface area contributed by atoms with Crippen LogP contribution in [0.2, 0.25) is 0 Å². The van der Waals surface area contributed by atoms with Gasteiger partial charge in [0.05, 0.1) is 48.1 Å². The van der Waals surface area contributed by atoms with Crippen LogP contribution in [-0.4, -0.2) is 32.4 Å². The summed E-state index contributed by atoms with van der Waals surface area (Å²) >= 11 is 0. The van der Waals surface area contributed by atoms with Crippen LogP contribution in [0.4, 0.5) is 0 Å². The quantitative estimate of drug-likeness (QED) is 0.623. The van der Waals surface area contributed by atoms with E-state index in [1.165, 1.54) is 0 Å². The number of aliphatic hydroxyl groups excluding tert-OH is 1. The monoisotopic (exact) mass is 325 g/mol. The van der Waals surface area contributed by atoms with Gasteiger partial charge in [-0.25, -0.2) is 9.97 Å². The third-order valence-electron chi connectivity index (χ3n) is 4.56. The molecule has 0 radical (unpaired) electrons. The van der Waals surface area contributed by atoms with Crippen molar-refractivity contribution in [3.05, 3.63) is 37.2 Å². The van der Waals surface area contributed by atoms with Gasteiger partial charge in [-0.15, -0.1) is 0 Å². The maximum absolute atomic E-state index is 9.35. The molecular weight excluding hydrogens is 310 g/mol. The number of aromatic nitrogens is 3. The van der Waals surface area contributed by atoms with Gasteiger partial charge in [0.25, 0.3) is 0 Å². The summed E-state index contributed by atoms with van der Waals surface area (Å²) in [6.07, 6.45) is 7.80. The molecule has 2 atom stereocenters. The molecule has 5 heterocycles. The maximum Gasteiger partial charge on any atom is 0.163 e. The van der Waals surface area contributed by atoms with Crippen LogP contribution in [0, 0.1) is 0 Å². The minimum Gasteiger partial charge on any atom is -0.472 e. The zero-order valence-corrected chi connectivity index (χ0v) is 12.8. The number of aliphatic hydroxyl groups is 1. The zero-order chi connectivity index (χ0) is 16.1. The van der Waals surface area contributed by atoms with Gasteiger partial charge in [-0.05, 0) is 18.9 Å². The molecule has 24 heavy (non-hydrogen) atoms. The maximum atomic E-state index is 9.35. The molecule has 0 amide bonds. The van der Waals surface area contributed by atoms with Crippen molar-refractivity contribution in [1.82, 2.24) is 14.5 Å². The van der Waals surface area contributed by atoms with Crippen LogP contribution in [0.15, 0.2) is 46.1 Å². The van der Waals surface area contributed by atoms with E-state index < -0.39 is 0 Å². The highest BCUT2D eigenvalue weighted by molar-refractivity contribution is 6.09. The molecule has 2 unspecified atom stereocenters. The second-order valence-electron chi connectivity index (χ2n) is 5.91. The van der Waals surface area contributed by atoms with Gasteiger partial charge >= 0.3 is 0 Å². The molecule has 1 aliphatic rings. The molecule has 0 saturated carbocycles. The molecule has 7 nitrogen and oxygen atoms in total. The number of furan rings is 2. The molecule has 4 aromatic heterocycles. The highest BCUT2D eigenvalue weighted by Gasteiger charge is 2.30. The van der Waals surface area contributed by atoms with E-state index >= 15 is 0 Å². The molecule has 1 aliphatic heterocycles. The van der Waals surface area contributed by atoms with Crippen molar-refractivity contribution >= 4 is 22.1 Å². The van der Waals surface area contributed by atoms with E-state index in [0.717, 1.165) is 46.2 Å². The number of nitrogens with zero attached hydrogens (tertiary/aromatic N) is 3. The SMILES string of the molecule is OCC1CCC(n2c3ccoc3c3c(-c4ccoc4)ncnc32)O1. The van der Waals surface area contributed by atoms with Crippen molar-refractivity contribution in [1.29, 1.82) is 0 Å². The summed E-state index contributed by atoms with van der Waals surface area (Å²) in [5, 5.41) is 10.2. The number of hydrogen-bond donors (Lipinski definition) is 1. The number of fused-ring (bicyclic) bond motifs is 3. The Labute approximate surface area is 136 Å². The van der Waals surface area contributed by atoms with Crippen LogP contribution in [0.3, 0.4) is 0 Å². The second kappa shape index (κ2) is 5.19. The van der Waals surface area contributed by atoms with E-state index in [-0.39, 0.29) is 18.9 Å². The standard InChI is InChI=1S/C17H15N3O4/c21-7-11-1-2-13(24-11)20-12-4-6-23-16(12)14-15(10-3-5-22-8-10)18-9-19-17(14)20/h3-6,8-9,11,13,21H,1-2,7H2. The van der Waals surface area contributed by atoms with Gasteiger partial charge in [-0.2, -0.15) is 0 Å². The molecule has 122 valence electrons. The average molecular weight is 325 g/mol. The molecular formula is C17H15N3O4.